The Morgan fingerprint density at radius 3 is 2.20 bits per heavy atom. The number of carbonyl (C=O) groups is 2. The molecule has 1 rings (SSSR count). The maximum absolute atomic E-state index is 11.8. The van der Waals surface area contributed by atoms with Gasteiger partial charge in [0.15, 0.2) is 0 Å². The van der Waals surface area contributed by atoms with Crippen LogP contribution in [0.5, 0.6) is 0 Å². The molecule has 0 aromatic heterocycles. The third kappa shape index (κ3) is 5.87. The van der Waals surface area contributed by atoms with E-state index in [0.717, 1.165) is 30.6 Å². The van der Waals surface area contributed by atoms with Crippen LogP contribution in [-0.4, -0.2) is 18.4 Å². The Balaban J connectivity index is 2.43. The van der Waals surface area contributed by atoms with Crippen LogP contribution in [0.1, 0.15) is 39.2 Å². The molecule has 2 N–H and O–H groups in total. The van der Waals surface area contributed by atoms with Crippen molar-refractivity contribution in [1.29, 1.82) is 0 Å². The highest BCUT2D eigenvalue weighted by Gasteiger charge is 2.07. The maximum atomic E-state index is 11.8. The second-order valence-electron chi connectivity index (χ2n) is 5.04. The topological polar surface area (TPSA) is 58.2 Å². The number of anilines is 1. The Labute approximate surface area is 121 Å². The van der Waals surface area contributed by atoms with Crippen molar-refractivity contribution in [3.05, 3.63) is 29.8 Å². The summed E-state index contributed by atoms with van der Waals surface area (Å²) < 4.78 is 0. The molecule has 4 heteroatoms. The number of carbonyl (C=O) groups excluding carboxylic acids is 2. The number of nitrogens with one attached hydrogen (secondary N) is 2. The van der Waals surface area contributed by atoms with Crippen molar-refractivity contribution < 1.29 is 9.59 Å². The SMILES string of the molecule is CCC(CC)CNC(=O)Cc1ccc(NC(C)=O)cc1. The first-order valence-corrected chi connectivity index (χ1v) is 7.18. The minimum Gasteiger partial charge on any atom is -0.356 e. The molecule has 0 fully saturated rings. The molecule has 0 atom stereocenters. The van der Waals surface area contributed by atoms with Gasteiger partial charge in [-0.2, -0.15) is 0 Å². The van der Waals surface area contributed by atoms with Crippen LogP contribution in [0.15, 0.2) is 24.3 Å². The van der Waals surface area contributed by atoms with Crippen molar-refractivity contribution in [3.63, 3.8) is 0 Å². The van der Waals surface area contributed by atoms with Crippen LogP contribution in [-0.2, 0) is 16.0 Å². The van der Waals surface area contributed by atoms with E-state index in [1.807, 2.05) is 24.3 Å². The second-order valence-corrected chi connectivity index (χ2v) is 5.04. The first-order valence-electron chi connectivity index (χ1n) is 7.18. The van der Waals surface area contributed by atoms with Crippen molar-refractivity contribution >= 4 is 17.5 Å². The Kier molecular flexibility index (Phi) is 6.77. The van der Waals surface area contributed by atoms with Gasteiger partial charge in [0.1, 0.15) is 0 Å². The molecule has 0 aliphatic carbocycles. The standard InChI is InChI=1S/C16H24N2O2/c1-4-13(5-2)11-17-16(20)10-14-6-8-15(9-7-14)18-12(3)19/h6-9,13H,4-5,10-11H2,1-3H3,(H,17,20)(H,18,19). The number of rotatable bonds is 7. The van der Waals surface area contributed by atoms with Gasteiger partial charge in [0.25, 0.3) is 0 Å². The van der Waals surface area contributed by atoms with Gasteiger partial charge in [0.2, 0.25) is 11.8 Å². The zero-order valence-corrected chi connectivity index (χ0v) is 12.5. The van der Waals surface area contributed by atoms with E-state index in [-0.39, 0.29) is 11.8 Å². The fraction of sp³-hybridized carbons (Fsp3) is 0.500. The Hall–Kier alpha value is -1.84. The molecular formula is C16H24N2O2. The smallest absolute Gasteiger partial charge is 0.224 e. The van der Waals surface area contributed by atoms with E-state index in [1.165, 1.54) is 6.92 Å². The van der Waals surface area contributed by atoms with Crippen LogP contribution in [0.4, 0.5) is 5.69 Å². The molecule has 0 heterocycles. The molecule has 1 aromatic rings. The third-order valence-corrected chi connectivity index (χ3v) is 3.38. The molecule has 0 spiro atoms. The highest BCUT2D eigenvalue weighted by molar-refractivity contribution is 5.88. The Bertz CT molecular complexity index is 436. The van der Waals surface area contributed by atoms with Gasteiger partial charge in [-0.05, 0) is 23.6 Å². The zero-order chi connectivity index (χ0) is 15.0. The molecule has 110 valence electrons. The molecule has 2 amide bonds. The van der Waals surface area contributed by atoms with Crippen molar-refractivity contribution in [2.24, 2.45) is 5.92 Å². The van der Waals surface area contributed by atoms with Gasteiger partial charge in [-0.1, -0.05) is 38.8 Å². The summed E-state index contributed by atoms with van der Waals surface area (Å²) in [5, 5.41) is 5.67. The number of benzene rings is 1. The zero-order valence-electron chi connectivity index (χ0n) is 12.5. The first kappa shape index (κ1) is 16.2. The van der Waals surface area contributed by atoms with Crippen molar-refractivity contribution in [3.8, 4) is 0 Å². The van der Waals surface area contributed by atoms with Crippen molar-refractivity contribution in [1.82, 2.24) is 5.32 Å². The molecule has 0 aliphatic heterocycles. The maximum Gasteiger partial charge on any atom is 0.224 e. The molecule has 0 saturated heterocycles. The summed E-state index contributed by atoms with van der Waals surface area (Å²) in [6, 6.07) is 7.35. The van der Waals surface area contributed by atoms with Gasteiger partial charge in [-0.15, -0.1) is 0 Å². The molecule has 0 bridgehead atoms. The average Bonchev–Trinajstić information content (AvgIpc) is 2.41. The predicted octanol–water partition coefficient (Wildman–Crippen LogP) is 2.74. The molecular weight excluding hydrogens is 252 g/mol. The first-order chi connectivity index (χ1) is 9.55. The van der Waals surface area contributed by atoms with E-state index in [2.05, 4.69) is 24.5 Å². The van der Waals surface area contributed by atoms with Gasteiger partial charge < -0.3 is 10.6 Å². The highest BCUT2D eigenvalue weighted by atomic mass is 16.2. The van der Waals surface area contributed by atoms with Gasteiger partial charge in [0, 0.05) is 19.2 Å². The quantitative estimate of drug-likeness (QED) is 0.804. The summed E-state index contributed by atoms with van der Waals surface area (Å²) in [7, 11) is 0. The van der Waals surface area contributed by atoms with Crippen LogP contribution < -0.4 is 10.6 Å². The van der Waals surface area contributed by atoms with Gasteiger partial charge in [-0.25, -0.2) is 0 Å². The van der Waals surface area contributed by atoms with Gasteiger partial charge in [0.05, 0.1) is 6.42 Å². The number of amides is 2. The van der Waals surface area contributed by atoms with E-state index >= 15 is 0 Å². The largest absolute Gasteiger partial charge is 0.356 e. The van der Waals surface area contributed by atoms with E-state index in [1.54, 1.807) is 0 Å². The second kappa shape index (κ2) is 8.35. The van der Waals surface area contributed by atoms with Crippen molar-refractivity contribution in [2.45, 2.75) is 40.0 Å². The third-order valence-electron chi connectivity index (χ3n) is 3.38. The molecule has 0 saturated carbocycles. The summed E-state index contributed by atoms with van der Waals surface area (Å²) >= 11 is 0. The van der Waals surface area contributed by atoms with E-state index in [4.69, 9.17) is 0 Å². The molecule has 4 nitrogen and oxygen atoms in total. The summed E-state index contributed by atoms with van der Waals surface area (Å²) in [4.78, 5) is 22.7. The monoisotopic (exact) mass is 276 g/mol. The normalized spacial score (nSPS) is 10.4. The Morgan fingerprint density at radius 2 is 1.70 bits per heavy atom. The van der Waals surface area contributed by atoms with Crippen LogP contribution in [0.25, 0.3) is 0 Å². The summed E-state index contributed by atoms with van der Waals surface area (Å²) in [5.41, 5.74) is 1.69. The van der Waals surface area contributed by atoms with Gasteiger partial charge >= 0.3 is 0 Å². The molecule has 0 aliphatic rings. The lowest BCUT2D eigenvalue weighted by Gasteiger charge is -2.13. The highest BCUT2D eigenvalue weighted by Crippen LogP contribution is 2.10. The van der Waals surface area contributed by atoms with Crippen LogP contribution in [0.2, 0.25) is 0 Å². The number of hydrogen-bond donors (Lipinski definition) is 2. The molecule has 0 unspecified atom stereocenters. The fourth-order valence-electron chi connectivity index (χ4n) is 1.99. The lowest BCUT2D eigenvalue weighted by atomic mass is 10.0. The average molecular weight is 276 g/mol. The summed E-state index contributed by atoms with van der Waals surface area (Å²) in [6.07, 6.45) is 2.55. The summed E-state index contributed by atoms with van der Waals surface area (Å²) in [5.74, 6) is 0.505. The van der Waals surface area contributed by atoms with E-state index < -0.39 is 0 Å². The van der Waals surface area contributed by atoms with E-state index in [0.29, 0.717) is 12.3 Å². The van der Waals surface area contributed by atoms with Crippen LogP contribution >= 0.6 is 0 Å². The molecule has 20 heavy (non-hydrogen) atoms. The molecule has 1 aromatic carbocycles. The Morgan fingerprint density at radius 1 is 1.10 bits per heavy atom. The minimum atomic E-state index is -0.0966. The van der Waals surface area contributed by atoms with Gasteiger partial charge in [-0.3, -0.25) is 9.59 Å². The molecule has 0 radical (unpaired) electrons. The summed E-state index contributed by atoms with van der Waals surface area (Å²) in [6.45, 7) is 6.50. The van der Waals surface area contributed by atoms with Crippen molar-refractivity contribution in [2.75, 3.05) is 11.9 Å². The predicted molar refractivity (Wildman–Crippen MR) is 81.5 cm³/mol. The van der Waals surface area contributed by atoms with E-state index in [9.17, 15) is 9.59 Å². The van der Waals surface area contributed by atoms with Crippen LogP contribution in [0, 0.1) is 5.92 Å². The fourth-order valence-corrected chi connectivity index (χ4v) is 1.99. The number of hydrogen-bond acceptors (Lipinski definition) is 2. The lowest BCUT2D eigenvalue weighted by Crippen LogP contribution is -2.30. The lowest BCUT2D eigenvalue weighted by molar-refractivity contribution is -0.120. The van der Waals surface area contributed by atoms with Crippen LogP contribution in [0.3, 0.4) is 0 Å². The minimum absolute atomic E-state index is 0.0455.